The number of amides is 1. The minimum Gasteiger partial charge on any atom is -0.465 e. The van der Waals surface area contributed by atoms with Crippen LogP contribution in [0.3, 0.4) is 0 Å². The molecule has 3 rings (SSSR count). The maximum atomic E-state index is 13.3. The Labute approximate surface area is 171 Å². The van der Waals surface area contributed by atoms with Crippen molar-refractivity contribution in [1.82, 2.24) is 4.90 Å². The Morgan fingerprint density at radius 1 is 1.10 bits per heavy atom. The second kappa shape index (κ2) is 9.07. The fourth-order valence-electron chi connectivity index (χ4n) is 4.08. The Morgan fingerprint density at radius 3 is 2.34 bits per heavy atom. The standard InChI is InChI=1S/C23H27NO5/c1-4-29-23(27)20-15(2)24(18-8-6-5-7-9-18)21(25)19(20)14-16-10-12-17(13-11-16)22(26)28-3/h10-14,18H,4-9H2,1-3H3. The van der Waals surface area contributed by atoms with Crippen molar-refractivity contribution in [1.29, 1.82) is 0 Å². The molecular weight excluding hydrogens is 370 g/mol. The predicted molar refractivity (Wildman–Crippen MR) is 109 cm³/mol. The van der Waals surface area contributed by atoms with Crippen LogP contribution in [0.4, 0.5) is 0 Å². The Balaban J connectivity index is 1.98. The van der Waals surface area contributed by atoms with E-state index in [0.29, 0.717) is 22.4 Å². The van der Waals surface area contributed by atoms with Crippen LogP contribution < -0.4 is 0 Å². The molecule has 0 atom stereocenters. The van der Waals surface area contributed by atoms with Crippen LogP contribution in [0.5, 0.6) is 0 Å². The normalized spacial score (nSPS) is 19.1. The lowest BCUT2D eigenvalue weighted by atomic mass is 9.94. The van der Waals surface area contributed by atoms with Gasteiger partial charge in [0.2, 0.25) is 0 Å². The molecule has 0 N–H and O–H groups in total. The Bertz CT molecular complexity index is 860. The minimum atomic E-state index is -0.478. The van der Waals surface area contributed by atoms with Crippen molar-refractivity contribution in [3.8, 4) is 0 Å². The predicted octanol–water partition coefficient (Wildman–Crippen LogP) is 3.87. The number of benzene rings is 1. The molecule has 1 aliphatic heterocycles. The first-order valence-electron chi connectivity index (χ1n) is 10.1. The maximum absolute atomic E-state index is 13.3. The minimum absolute atomic E-state index is 0.119. The highest BCUT2D eigenvalue weighted by atomic mass is 16.5. The number of ether oxygens (including phenoxy) is 2. The number of hydrogen-bond acceptors (Lipinski definition) is 5. The smallest absolute Gasteiger partial charge is 0.340 e. The van der Waals surface area contributed by atoms with Crippen LogP contribution in [-0.4, -0.2) is 42.5 Å². The molecule has 29 heavy (non-hydrogen) atoms. The fraction of sp³-hybridized carbons (Fsp3) is 0.435. The van der Waals surface area contributed by atoms with Gasteiger partial charge in [0.25, 0.3) is 5.91 Å². The number of nitrogens with zero attached hydrogens (tertiary/aromatic N) is 1. The van der Waals surface area contributed by atoms with Crippen molar-refractivity contribution in [2.24, 2.45) is 0 Å². The Kier molecular flexibility index (Phi) is 6.52. The van der Waals surface area contributed by atoms with Crippen molar-refractivity contribution in [2.75, 3.05) is 13.7 Å². The van der Waals surface area contributed by atoms with E-state index >= 15 is 0 Å². The maximum Gasteiger partial charge on any atom is 0.340 e. The van der Waals surface area contributed by atoms with Gasteiger partial charge in [0.1, 0.15) is 0 Å². The number of esters is 2. The zero-order valence-corrected chi connectivity index (χ0v) is 17.2. The molecule has 0 spiro atoms. The highest BCUT2D eigenvalue weighted by Gasteiger charge is 2.40. The molecule has 0 radical (unpaired) electrons. The second-order valence-electron chi connectivity index (χ2n) is 7.32. The lowest BCUT2D eigenvalue weighted by molar-refractivity contribution is -0.138. The van der Waals surface area contributed by atoms with Crippen molar-refractivity contribution < 1.29 is 23.9 Å². The number of allylic oxidation sites excluding steroid dienone is 1. The molecular formula is C23H27NO5. The van der Waals surface area contributed by atoms with Gasteiger partial charge in [0, 0.05) is 11.7 Å². The summed E-state index contributed by atoms with van der Waals surface area (Å²) in [5.41, 5.74) is 2.49. The van der Waals surface area contributed by atoms with Gasteiger partial charge in [-0.2, -0.15) is 0 Å². The van der Waals surface area contributed by atoms with Crippen LogP contribution in [0.15, 0.2) is 41.1 Å². The van der Waals surface area contributed by atoms with Gasteiger partial charge in [-0.25, -0.2) is 9.59 Å². The van der Waals surface area contributed by atoms with Gasteiger partial charge in [0.05, 0.1) is 30.4 Å². The van der Waals surface area contributed by atoms with Gasteiger partial charge < -0.3 is 14.4 Å². The first kappa shape index (κ1) is 20.8. The van der Waals surface area contributed by atoms with Gasteiger partial charge in [-0.1, -0.05) is 31.4 Å². The molecule has 1 aromatic carbocycles. The average molecular weight is 397 g/mol. The zero-order valence-electron chi connectivity index (χ0n) is 17.2. The topological polar surface area (TPSA) is 72.9 Å². The number of carbonyl (C=O) groups is 3. The molecule has 1 heterocycles. The van der Waals surface area contributed by atoms with Crippen molar-refractivity contribution in [3.63, 3.8) is 0 Å². The molecule has 6 heteroatoms. The average Bonchev–Trinajstić information content (AvgIpc) is 2.98. The van der Waals surface area contributed by atoms with Crippen molar-refractivity contribution >= 4 is 23.9 Å². The molecule has 6 nitrogen and oxygen atoms in total. The largest absolute Gasteiger partial charge is 0.465 e. The lowest BCUT2D eigenvalue weighted by Crippen LogP contribution is -2.37. The summed E-state index contributed by atoms with van der Waals surface area (Å²) >= 11 is 0. The van der Waals surface area contributed by atoms with Gasteiger partial charge in [0.15, 0.2) is 0 Å². The number of rotatable bonds is 5. The lowest BCUT2D eigenvalue weighted by Gasteiger charge is -2.32. The fourth-order valence-corrected chi connectivity index (χ4v) is 4.08. The van der Waals surface area contributed by atoms with E-state index in [1.165, 1.54) is 13.5 Å². The van der Waals surface area contributed by atoms with Gasteiger partial charge in [-0.3, -0.25) is 4.79 Å². The van der Waals surface area contributed by atoms with E-state index in [2.05, 4.69) is 0 Å². The van der Waals surface area contributed by atoms with Gasteiger partial charge in [-0.15, -0.1) is 0 Å². The molecule has 2 aliphatic rings. The highest BCUT2D eigenvalue weighted by Crippen LogP contribution is 2.36. The van der Waals surface area contributed by atoms with E-state index in [4.69, 9.17) is 9.47 Å². The van der Waals surface area contributed by atoms with Crippen LogP contribution in [-0.2, 0) is 19.1 Å². The summed E-state index contributed by atoms with van der Waals surface area (Å²) in [6.45, 7) is 3.81. The van der Waals surface area contributed by atoms with E-state index < -0.39 is 11.9 Å². The van der Waals surface area contributed by atoms with Crippen LogP contribution in [0.1, 0.15) is 61.9 Å². The number of hydrogen-bond donors (Lipinski definition) is 0. The Hall–Kier alpha value is -2.89. The van der Waals surface area contributed by atoms with Crippen LogP contribution in [0.2, 0.25) is 0 Å². The first-order valence-corrected chi connectivity index (χ1v) is 10.1. The molecule has 0 aromatic heterocycles. The SMILES string of the molecule is CCOC(=O)C1=C(C)N(C2CCCCC2)C(=O)C1=Cc1ccc(C(=O)OC)cc1. The summed E-state index contributed by atoms with van der Waals surface area (Å²) in [5.74, 6) is -1.06. The van der Waals surface area contributed by atoms with E-state index in [0.717, 1.165) is 31.2 Å². The van der Waals surface area contributed by atoms with Crippen LogP contribution >= 0.6 is 0 Å². The summed E-state index contributed by atoms with van der Waals surface area (Å²) in [6, 6.07) is 6.85. The third-order valence-electron chi connectivity index (χ3n) is 5.50. The molecule has 1 saturated carbocycles. The summed E-state index contributed by atoms with van der Waals surface area (Å²) in [6.07, 6.45) is 6.94. The molecule has 1 aromatic rings. The third-order valence-corrected chi connectivity index (χ3v) is 5.50. The van der Waals surface area contributed by atoms with E-state index in [1.54, 1.807) is 42.2 Å². The van der Waals surface area contributed by atoms with Gasteiger partial charge >= 0.3 is 11.9 Å². The van der Waals surface area contributed by atoms with E-state index in [9.17, 15) is 14.4 Å². The molecule has 1 amide bonds. The zero-order chi connectivity index (χ0) is 21.0. The highest BCUT2D eigenvalue weighted by molar-refractivity contribution is 6.16. The molecule has 154 valence electrons. The molecule has 0 bridgehead atoms. The molecule has 0 saturated heterocycles. The summed E-state index contributed by atoms with van der Waals surface area (Å²) < 4.78 is 9.95. The van der Waals surface area contributed by atoms with E-state index in [-0.39, 0.29) is 18.6 Å². The second-order valence-corrected chi connectivity index (χ2v) is 7.32. The summed E-state index contributed by atoms with van der Waals surface area (Å²) in [5, 5.41) is 0. The molecule has 1 fully saturated rings. The van der Waals surface area contributed by atoms with Gasteiger partial charge in [-0.05, 0) is 50.5 Å². The number of carbonyl (C=O) groups excluding carboxylic acids is 3. The van der Waals surface area contributed by atoms with Crippen molar-refractivity contribution in [3.05, 3.63) is 52.2 Å². The van der Waals surface area contributed by atoms with Crippen LogP contribution in [0.25, 0.3) is 6.08 Å². The van der Waals surface area contributed by atoms with E-state index in [1.807, 2.05) is 6.92 Å². The quantitative estimate of drug-likeness (QED) is 0.557. The first-order chi connectivity index (χ1) is 14.0. The molecule has 0 unspecified atom stereocenters. The number of methoxy groups -OCH3 is 1. The third kappa shape index (κ3) is 4.26. The monoisotopic (exact) mass is 397 g/mol. The Morgan fingerprint density at radius 2 is 1.76 bits per heavy atom. The molecule has 1 aliphatic carbocycles. The van der Waals surface area contributed by atoms with Crippen molar-refractivity contribution in [2.45, 2.75) is 52.0 Å². The summed E-state index contributed by atoms with van der Waals surface area (Å²) in [7, 11) is 1.33. The van der Waals surface area contributed by atoms with Crippen LogP contribution in [0, 0.1) is 0 Å². The summed E-state index contributed by atoms with van der Waals surface area (Å²) in [4.78, 5) is 39.4.